The number of pyridine rings is 1. The maximum Gasteiger partial charge on any atom is 0.312 e. The van der Waals surface area contributed by atoms with Crippen LogP contribution >= 0.6 is 0 Å². The molecule has 0 saturated heterocycles. The summed E-state index contributed by atoms with van der Waals surface area (Å²) in [7, 11) is 3.10. The average molecular weight is 435 g/mol. The highest BCUT2D eigenvalue weighted by molar-refractivity contribution is 5.77. The Balaban J connectivity index is 1.74. The van der Waals surface area contributed by atoms with Gasteiger partial charge >= 0.3 is 5.97 Å². The summed E-state index contributed by atoms with van der Waals surface area (Å²) in [6.45, 7) is 2.29. The Morgan fingerprint density at radius 3 is 2.44 bits per heavy atom. The van der Waals surface area contributed by atoms with Gasteiger partial charge in [-0.25, -0.2) is 0 Å². The molecule has 3 aromatic rings. The second kappa shape index (κ2) is 8.78. The molecule has 7 nitrogen and oxygen atoms in total. The average Bonchev–Trinajstić information content (AvgIpc) is 2.78. The van der Waals surface area contributed by atoms with Crippen LogP contribution < -0.4 is 19.8 Å². The van der Waals surface area contributed by atoms with Crippen molar-refractivity contribution in [2.24, 2.45) is 0 Å². The van der Waals surface area contributed by atoms with E-state index in [1.54, 1.807) is 49.1 Å². The van der Waals surface area contributed by atoms with E-state index in [-0.39, 0.29) is 23.7 Å². The summed E-state index contributed by atoms with van der Waals surface area (Å²) < 4.78 is 17.9. The molecule has 166 valence electrons. The number of phenols is 1. The quantitative estimate of drug-likeness (QED) is 0.596. The molecule has 0 unspecified atom stereocenters. The Labute approximate surface area is 185 Å². The summed E-state index contributed by atoms with van der Waals surface area (Å²) >= 11 is 0. The van der Waals surface area contributed by atoms with E-state index in [4.69, 9.17) is 14.2 Å². The number of fused-ring (bicyclic) bond motifs is 1. The first kappa shape index (κ1) is 21.5. The van der Waals surface area contributed by atoms with Crippen molar-refractivity contribution in [1.29, 1.82) is 0 Å². The molecular formula is C25H25NO6. The summed E-state index contributed by atoms with van der Waals surface area (Å²) in [5.41, 5.74) is 2.80. The molecule has 1 aliphatic rings. The van der Waals surface area contributed by atoms with Gasteiger partial charge in [0, 0.05) is 24.2 Å². The molecular weight excluding hydrogens is 410 g/mol. The number of hydrogen-bond acceptors (Lipinski definition) is 6. The summed E-state index contributed by atoms with van der Waals surface area (Å²) in [5, 5.41) is 9.48. The molecule has 0 aliphatic carbocycles. The van der Waals surface area contributed by atoms with Crippen molar-refractivity contribution in [3.8, 4) is 23.0 Å². The minimum atomic E-state index is -0.445. The maximum atomic E-state index is 13.6. The number of ether oxygens (including phenoxy) is 3. The van der Waals surface area contributed by atoms with E-state index in [0.29, 0.717) is 41.5 Å². The number of aromatic nitrogens is 1. The van der Waals surface area contributed by atoms with E-state index >= 15 is 0 Å². The van der Waals surface area contributed by atoms with Crippen LogP contribution in [0.25, 0.3) is 0 Å². The minimum absolute atomic E-state index is 0.0682. The van der Waals surface area contributed by atoms with Gasteiger partial charge in [0.25, 0.3) is 5.56 Å². The normalized spacial score (nSPS) is 15.1. The second-order valence-corrected chi connectivity index (χ2v) is 7.78. The van der Waals surface area contributed by atoms with E-state index in [1.165, 1.54) is 0 Å². The number of phenolic OH excluding ortho intramolecular Hbond substituents is 1. The van der Waals surface area contributed by atoms with Crippen LogP contribution in [0.5, 0.6) is 23.0 Å². The second-order valence-electron chi connectivity index (χ2n) is 7.78. The predicted molar refractivity (Wildman–Crippen MR) is 119 cm³/mol. The molecule has 1 atom stereocenters. The molecule has 0 fully saturated rings. The third kappa shape index (κ3) is 4.06. The molecule has 1 aromatic heterocycles. The first-order chi connectivity index (χ1) is 15.4. The fraction of sp³-hybridized carbons (Fsp3) is 0.280. The molecule has 0 radical (unpaired) electrons. The monoisotopic (exact) mass is 435 g/mol. The maximum absolute atomic E-state index is 13.6. The van der Waals surface area contributed by atoms with Gasteiger partial charge in [0.15, 0.2) is 11.5 Å². The van der Waals surface area contributed by atoms with E-state index in [2.05, 4.69) is 0 Å². The topological polar surface area (TPSA) is 87.0 Å². The van der Waals surface area contributed by atoms with E-state index in [1.807, 2.05) is 25.1 Å². The smallest absolute Gasteiger partial charge is 0.312 e. The zero-order chi connectivity index (χ0) is 22.8. The summed E-state index contributed by atoms with van der Waals surface area (Å²) in [6.07, 6.45) is 0.694. The van der Waals surface area contributed by atoms with Crippen LogP contribution in [0.3, 0.4) is 0 Å². The highest BCUT2D eigenvalue weighted by Gasteiger charge is 2.33. The lowest BCUT2D eigenvalue weighted by molar-refractivity contribution is -0.135. The van der Waals surface area contributed by atoms with E-state index < -0.39 is 5.92 Å². The van der Waals surface area contributed by atoms with Gasteiger partial charge in [-0.05, 0) is 48.7 Å². The first-order valence-electron chi connectivity index (χ1n) is 10.4. The zero-order valence-electron chi connectivity index (χ0n) is 18.3. The number of esters is 1. The van der Waals surface area contributed by atoms with E-state index in [0.717, 1.165) is 11.1 Å². The molecule has 32 heavy (non-hydrogen) atoms. The van der Waals surface area contributed by atoms with Crippen LogP contribution in [0, 0.1) is 6.92 Å². The Bertz CT molecular complexity index is 1210. The SMILES string of the molecule is COc1ccc([C@@H]2CC(=O)Oc3cc(C)n(CCc4ccc(O)cc4)c(=O)c32)cc1OC. The van der Waals surface area contributed by atoms with Crippen molar-refractivity contribution < 1.29 is 24.1 Å². The molecule has 0 saturated carbocycles. The van der Waals surface area contributed by atoms with Gasteiger partial charge in [-0.2, -0.15) is 0 Å². The van der Waals surface area contributed by atoms with Crippen LogP contribution in [0.15, 0.2) is 53.3 Å². The van der Waals surface area contributed by atoms with Gasteiger partial charge in [-0.15, -0.1) is 0 Å². The fourth-order valence-corrected chi connectivity index (χ4v) is 4.13. The molecule has 0 bridgehead atoms. The molecule has 7 heteroatoms. The van der Waals surface area contributed by atoms with Gasteiger partial charge in [0.2, 0.25) is 0 Å². The summed E-state index contributed by atoms with van der Waals surface area (Å²) in [6, 6.07) is 14.1. The Morgan fingerprint density at radius 1 is 1.03 bits per heavy atom. The highest BCUT2D eigenvalue weighted by atomic mass is 16.5. The standard InChI is InChI=1S/C25H25NO6/c1-15-12-22-24(25(29)26(15)11-10-16-4-7-18(27)8-5-16)19(14-23(28)32-22)17-6-9-20(30-2)21(13-17)31-3/h4-9,12-13,19,27H,10-11,14H2,1-3H3/t19-/m0/s1. The van der Waals surface area contributed by atoms with Gasteiger partial charge < -0.3 is 23.9 Å². The number of carbonyl (C=O) groups excluding carboxylic acids is 1. The third-order valence-corrected chi connectivity index (χ3v) is 5.82. The van der Waals surface area contributed by atoms with Gasteiger partial charge in [0.05, 0.1) is 26.2 Å². The van der Waals surface area contributed by atoms with Crippen molar-refractivity contribution in [1.82, 2.24) is 4.57 Å². The van der Waals surface area contributed by atoms with Crippen LogP contribution in [-0.2, 0) is 17.8 Å². The molecule has 0 amide bonds. The largest absolute Gasteiger partial charge is 0.508 e. The van der Waals surface area contributed by atoms with Crippen molar-refractivity contribution in [2.75, 3.05) is 14.2 Å². The number of hydrogen-bond donors (Lipinski definition) is 1. The van der Waals surface area contributed by atoms with Crippen LogP contribution in [0.2, 0.25) is 0 Å². The third-order valence-electron chi connectivity index (χ3n) is 5.82. The number of aryl methyl sites for hydroxylation is 2. The fourth-order valence-electron chi connectivity index (χ4n) is 4.13. The minimum Gasteiger partial charge on any atom is -0.508 e. The molecule has 2 heterocycles. The molecule has 2 aromatic carbocycles. The van der Waals surface area contributed by atoms with Crippen molar-refractivity contribution in [2.45, 2.75) is 32.2 Å². The Hall–Kier alpha value is -3.74. The van der Waals surface area contributed by atoms with Gasteiger partial charge in [-0.1, -0.05) is 18.2 Å². The lowest BCUT2D eigenvalue weighted by atomic mass is 9.86. The molecule has 1 aliphatic heterocycles. The van der Waals surface area contributed by atoms with E-state index in [9.17, 15) is 14.7 Å². The first-order valence-corrected chi connectivity index (χ1v) is 10.4. The van der Waals surface area contributed by atoms with Gasteiger partial charge in [-0.3, -0.25) is 9.59 Å². The molecule has 0 spiro atoms. The lowest BCUT2D eigenvalue weighted by Crippen LogP contribution is -2.33. The van der Waals surface area contributed by atoms with Crippen LogP contribution in [-0.4, -0.2) is 29.9 Å². The summed E-state index contributed by atoms with van der Waals surface area (Å²) in [4.78, 5) is 25.9. The van der Waals surface area contributed by atoms with Crippen molar-refractivity contribution in [3.63, 3.8) is 0 Å². The van der Waals surface area contributed by atoms with Crippen molar-refractivity contribution >= 4 is 5.97 Å². The number of benzene rings is 2. The highest BCUT2D eigenvalue weighted by Crippen LogP contribution is 2.40. The van der Waals surface area contributed by atoms with Crippen molar-refractivity contribution in [3.05, 3.63) is 81.3 Å². The summed E-state index contributed by atoms with van der Waals surface area (Å²) in [5.74, 6) is 0.798. The number of nitrogens with zero attached hydrogens (tertiary/aromatic N) is 1. The number of rotatable bonds is 6. The Kier molecular flexibility index (Phi) is 5.90. The zero-order valence-corrected chi connectivity index (χ0v) is 18.3. The van der Waals surface area contributed by atoms with Crippen LogP contribution in [0.1, 0.15) is 34.7 Å². The molecule has 1 N–H and O–H groups in total. The number of carbonyl (C=O) groups is 1. The van der Waals surface area contributed by atoms with Gasteiger partial charge in [0.1, 0.15) is 11.5 Å². The molecule has 4 rings (SSSR count). The Morgan fingerprint density at radius 2 is 1.75 bits per heavy atom. The predicted octanol–water partition coefficient (Wildman–Crippen LogP) is 3.56. The van der Waals surface area contributed by atoms with Crippen LogP contribution in [0.4, 0.5) is 0 Å². The number of methoxy groups -OCH3 is 2. The number of aromatic hydroxyl groups is 1. The lowest BCUT2D eigenvalue weighted by Gasteiger charge is -2.26.